The molecule has 1 aromatic carbocycles. The molecule has 1 fully saturated rings. The van der Waals surface area contributed by atoms with Gasteiger partial charge in [0.15, 0.2) is 10.0 Å². The number of sulfonamides is 1. The van der Waals surface area contributed by atoms with Crippen LogP contribution in [-0.2, 0) is 27.3 Å². The van der Waals surface area contributed by atoms with Gasteiger partial charge in [-0.2, -0.15) is 32.1 Å². The fourth-order valence-corrected chi connectivity index (χ4v) is 7.55. The molecule has 208 valence electrons. The molecule has 0 unspecified atom stereocenters. The molecule has 0 spiro atoms. The van der Waals surface area contributed by atoms with Crippen molar-refractivity contribution in [2.24, 2.45) is 7.05 Å². The van der Waals surface area contributed by atoms with Crippen LogP contribution >= 0.6 is 11.3 Å². The molecule has 0 atom stereocenters. The third-order valence-electron chi connectivity index (χ3n) is 6.65. The zero-order valence-electron chi connectivity index (χ0n) is 21.1. The lowest BCUT2D eigenvalue weighted by Gasteiger charge is -2.28. The molecular formula is C22H24F2N8O4S3. The molecule has 2 aliphatic rings. The highest BCUT2D eigenvalue weighted by Crippen LogP contribution is 2.40. The van der Waals surface area contributed by atoms with E-state index in [1.54, 1.807) is 13.1 Å². The van der Waals surface area contributed by atoms with Gasteiger partial charge in [-0.25, -0.2) is 17.2 Å². The SMILES string of the molecule is CN(C)S(=O)(=O)N1CC=C(c2cc(S(=O)(=O)NC3(C#N)CC3)cc3c(-c4nnc(C(F)F)s4)nn(C)c23)CC1. The fraction of sp³-hybridized carbons (Fsp3) is 0.455. The summed E-state index contributed by atoms with van der Waals surface area (Å²) in [6, 6.07) is 4.85. The highest BCUT2D eigenvalue weighted by molar-refractivity contribution is 7.89. The second kappa shape index (κ2) is 9.64. The highest BCUT2D eigenvalue weighted by Gasteiger charge is 2.47. The minimum Gasteiger partial charge on any atom is -0.267 e. The Morgan fingerprint density at radius 2 is 1.92 bits per heavy atom. The van der Waals surface area contributed by atoms with Crippen molar-refractivity contribution in [2.45, 2.75) is 36.1 Å². The van der Waals surface area contributed by atoms with E-state index in [-0.39, 0.29) is 35.1 Å². The van der Waals surface area contributed by atoms with E-state index >= 15 is 0 Å². The topological polar surface area (TPSA) is 154 Å². The van der Waals surface area contributed by atoms with Crippen LogP contribution < -0.4 is 4.72 Å². The zero-order valence-corrected chi connectivity index (χ0v) is 23.5. The number of rotatable bonds is 8. The Balaban J connectivity index is 1.67. The molecule has 17 heteroatoms. The number of aromatic nitrogens is 4. The molecule has 1 saturated carbocycles. The van der Waals surface area contributed by atoms with Gasteiger partial charge in [0.1, 0.15) is 11.2 Å². The monoisotopic (exact) mass is 598 g/mol. The molecule has 39 heavy (non-hydrogen) atoms. The number of hydrogen-bond donors (Lipinski definition) is 1. The summed E-state index contributed by atoms with van der Waals surface area (Å²) in [6.07, 6.45) is -0.0446. The third kappa shape index (κ3) is 4.96. The predicted octanol–water partition coefficient (Wildman–Crippen LogP) is 2.26. The van der Waals surface area contributed by atoms with Gasteiger partial charge in [0, 0.05) is 45.2 Å². The summed E-state index contributed by atoms with van der Waals surface area (Å²) in [5.74, 6) is 0. The van der Waals surface area contributed by atoms with Crippen LogP contribution in [0, 0.1) is 11.3 Å². The molecule has 5 rings (SSSR count). The van der Waals surface area contributed by atoms with Crippen LogP contribution in [-0.4, -0.2) is 78.1 Å². The predicted molar refractivity (Wildman–Crippen MR) is 139 cm³/mol. The van der Waals surface area contributed by atoms with Gasteiger partial charge in [0.05, 0.1) is 16.5 Å². The maximum Gasteiger partial charge on any atom is 0.291 e. The van der Waals surface area contributed by atoms with Crippen LogP contribution in [0.4, 0.5) is 8.78 Å². The number of fused-ring (bicyclic) bond motifs is 1. The van der Waals surface area contributed by atoms with Gasteiger partial charge in [-0.15, -0.1) is 10.2 Å². The van der Waals surface area contributed by atoms with Crippen molar-refractivity contribution in [1.82, 2.24) is 33.3 Å². The van der Waals surface area contributed by atoms with Crippen LogP contribution in [0.5, 0.6) is 0 Å². The molecule has 1 aliphatic heterocycles. The Morgan fingerprint density at radius 3 is 2.46 bits per heavy atom. The van der Waals surface area contributed by atoms with E-state index in [1.165, 1.54) is 35.2 Å². The van der Waals surface area contributed by atoms with E-state index < -0.39 is 37.2 Å². The fourth-order valence-electron chi connectivity index (χ4n) is 4.38. The summed E-state index contributed by atoms with van der Waals surface area (Å²) in [6.45, 7) is 0.239. The Hall–Kier alpha value is -2.88. The molecule has 0 amide bonds. The van der Waals surface area contributed by atoms with Gasteiger partial charge in [0.2, 0.25) is 10.0 Å². The maximum atomic E-state index is 13.4. The first kappa shape index (κ1) is 27.7. The first-order valence-corrected chi connectivity index (χ1v) is 15.4. The first-order valence-electron chi connectivity index (χ1n) is 11.7. The number of benzene rings is 1. The quantitative estimate of drug-likeness (QED) is 0.414. The van der Waals surface area contributed by atoms with Gasteiger partial charge in [-0.3, -0.25) is 4.68 Å². The Bertz CT molecular complexity index is 1750. The lowest BCUT2D eigenvalue weighted by atomic mass is 9.97. The summed E-state index contributed by atoms with van der Waals surface area (Å²) in [4.78, 5) is -0.136. The van der Waals surface area contributed by atoms with Crippen molar-refractivity contribution in [3.63, 3.8) is 0 Å². The van der Waals surface area contributed by atoms with Crippen LogP contribution in [0.15, 0.2) is 23.1 Å². The van der Waals surface area contributed by atoms with E-state index in [0.717, 1.165) is 4.31 Å². The average molecular weight is 599 g/mol. The lowest BCUT2D eigenvalue weighted by Crippen LogP contribution is -2.42. The Morgan fingerprint density at radius 1 is 1.21 bits per heavy atom. The second-order valence-electron chi connectivity index (χ2n) is 9.51. The van der Waals surface area contributed by atoms with Crippen molar-refractivity contribution in [1.29, 1.82) is 5.26 Å². The van der Waals surface area contributed by atoms with Crippen molar-refractivity contribution in [3.8, 4) is 16.8 Å². The summed E-state index contributed by atoms with van der Waals surface area (Å²) in [5.41, 5.74) is 0.738. The van der Waals surface area contributed by atoms with Crippen LogP contribution in [0.3, 0.4) is 0 Å². The molecule has 2 aromatic heterocycles. The third-order valence-corrected chi connectivity index (χ3v) is 11.0. The summed E-state index contributed by atoms with van der Waals surface area (Å²) in [7, 11) is -3.29. The minimum atomic E-state index is -4.17. The number of nitriles is 1. The summed E-state index contributed by atoms with van der Waals surface area (Å²) in [5, 5.41) is 21.2. The largest absolute Gasteiger partial charge is 0.291 e. The Kier molecular flexibility index (Phi) is 6.84. The number of nitrogens with one attached hydrogen (secondary N) is 1. The summed E-state index contributed by atoms with van der Waals surface area (Å²) < 4.78 is 84.8. The van der Waals surface area contributed by atoms with Crippen molar-refractivity contribution in [3.05, 3.63) is 28.8 Å². The van der Waals surface area contributed by atoms with Crippen LogP contribution in [0.2, 0.25) is 0 Å². The number of halogens is 2. The van der Waals surface area contributed by atoms with E-state index in [4.69, 9.17) is 0 Å². The lowest BCUT2D eigenvalue weighted by molar-refractivity contribution is 0.150. The summed E-state index contributed by atoms with van der Waals surface area (Å²) >= 11 is 0.658. The first-order chi connectivity index (χ1) is 18.3. The second-order valence-corrected chi connectivity index (χ2v) is 14.3. The molecule has 3 aromatic rings. The molecule has 1 N–H and O–H groups in total. The van der Waals surface area contributed by atoms with E-state index in [0.29, 0.717) is 46.2 Å². The molecule has 3 heterocycles. The van der Waals surface area contributed by atoms with Crippen molar-refractivity contribution < 1.29 is 25.6 Å². The molecule has 0 bridgehead atoms. The highest BCUT2D eigenvalue weighted by atomic mass is 32.2. The van der Waals surface area contributed by atoms with E-state index in [1.807, 2.05) is 6.07 Å². The molecular weight excluding hydrogens is 574 g/mol. The van der Waals surface area contributed by atoms with Gasteiger partial charge in [-0.1, -0.05) is 17.4 Å². The van der Waals surface area contributed by atoms with Crippen molar-refractivity contribution >= 4 is 48.0 Å². The smallest absolute Gasteiger partial charge is 0.267 e. The number of nitrogens with zero attached hydrogens (tertiary/aromatic N) is 7. The standard InChI is InChI=1S/C22H24F2N8O4S3/c1-30(2)39(35,36)32-8-4-13(5-9-32)15-10-14(38(33,34)29-22(12-25)6-7-22)11-16-17(28-31(3)18(15)16)20-26-27-21(37-20)19(23)24/h4,10-11,19,29H,5-9H2,1-3H3. The van der Waals surface area contributed by atoms with Gasteiger partial charge >= 0.3 is 0 Å². The number of alkyl halides is 2. The van der Waals surface area contributed by atoms with Crippen molar-refractivity contribution in [2.75, 3.05) is 27.2 Å². The van der Waals surface area contributed by atoms with Gasteiger partial charge < -0.3 is 0 Å². The number of aryl methyl sites for hydroxylation is 1. The van der Waals surface area contributed by atoms with Gasteiger partial charge in [-0.05, 0) is 37.0 Å². The maximum absolute atomic E-state index is 13.4. The normalized spacial score (nSPS) is 18.1. The zero-order chi connectivity index (χ0) is 28.3. The van der Waals surface area contributed by atoms with E-state index in [2.05, 4.69) is 20.0 Å². The van der Waals surface area contributed by atoms with Crippen LogP contribution in [0.1, 0.15) is 36.3 Å². The van der Waals surface area contributed by atoms with Gasteiger partial charge in [0.25, 0.3) is 16.6 Å². The molecule has 12 nitrogen and oxygen atoms in total. The molecule has 1 aliphatic carbocycles. The van der Waals surface area contributed by atoms with Crippen LogP contribution in [0.25, 0.3) is 27.2 Å². The number of hydrogen-bond acceptors (Lipinski definition) is 9. The molecule has 0 radical (unpaired) electrons. The minimum absolute atomic E-state index is 0.0724. The molecule has 0 saturated heterocycles. The van der Waals surface area contributed by atoms with E-state index in [9.17, 15) is 30.9 Å². The average Bonchev–Trinajstić information content (AvgIpc) is 3.31. The Labute approximate surface area is 227 Å².